The van der Waals surface area contributed by atoms with Crippen molar-refractivity contribution < 1.29 is 18.0 Å². The van der Waals surface area contributed by atoms with Gasteiger partial charge in [-0.3, -0.25) is 4.79 Å². The second kappa shape index (κ2) is 11.5. The van der Waals surface area contributed by atoms with Gasteiger partial charge in [-0.2, -0.15) is 8.42 Å². The number of urea groups is 1. The molecule has 1 fully saturated rings. The molecule has 10 heteroatoms. The van der Waals surface area contributed by atoms with Crippen molar-refractivity contribution in [3.05, 3.63) is 54.6 Å². The first-order valence-corrected chi connectivity index (χ1v) is 12.3. The first-order chi connectivity index (χ1) is 15.8. The Morgan fingerprint density at radius 2 is 1.73 bits per heavy atom. The molecule has 0 aliphatic carbocycles. The van der Waals surface area contributed by atoms with Gasteiger partial charge in [-0.15, -0.1) is 4.40 Å². The molecule has 2 aromatic carbocycles. The molecule has 3 amide bonds. The van der Waals surface area contributed by atoms with E-state index in [1.54, 1.807) is 36.4 Å². The van der Waals surface area contributed by atoms with E-state index in [9.17, 15) is 18.0 Å². The summed E-state index contributed by atoms with van der Waals surface area (Å²) in [7, 11) is -2.04. The molecule has 1 saturated heterocycles. The second-order valence-electron chi connectivity index (χ2n) is 7.79. The van der Waals surface area contributed by atoms with E-state index in [-0.39, 0.29) is 23.8 Å². The maximum absolute atomic E-state index is 12.8. The lowest BCUT2D eigenvalue weighted by Gasteiger charge is -2.17. The molecule has 3 rings (SSSR count). The summed E-state index contributed by atoms with van der Waals surface area (Å²) in [6, 6.07) is 14.6. The molecule has 1 aliphatic heterocycles. The molecule has 33 heavy (non-hydrogen) atoms. The van der Waals surface area contributed by atoms with E-state index in [4.69, 9.17) is 0 Å². The molecule has 2 aromatic rings. The van der Waals surface area contributed by atoms with E-state index in [1.165, 1.54) is 12.1 Å². The summed E-state index contributed by atoms with van der Waals surface area (Å²) in [6.45, 7) is 0.907. The summed E-state index contributed by atoms with van der Waals surface area (Å²) < 4.78 is 29.7. The van der Waals surface area contributed by atoms with E-state index in [0.29, 0.717) is 23.6 Å². The normalized spacial score (nSPS) is 15.5. The minimum absolute atomic E-state index is 0.0193. The smallest absolute Gasteiger partial charge is 0.319 e. The number of carbonyl (C=O) groups is 2. The van der Waals surface area contributed by atoms with Gasteiger partial charge < -0.3 is 20.9 Å². The molecule has 0 aromatic heterocycles. The van der Waals surface area contributed by atoms with Crippen molar-refractivity contribution in [1.82, 2.24) is 10.2 Å². The Morgan fingerprint density at radius 3 is 2.52 bits per heavy atom. The van der Waals surface area contributed by atoms with Gasteiger partial charge >= 0.3 is 6.03 Å². The number of hydrogen-bond acceptors (Lipinski definition) is 4. The van der Waals surface area contributed by atoms with Gasteiger partial charge in [0.05, 0.1) is 4.90 Å². The van der Waals surface area contributed by atoms with Crippen LogP contribution in [0.15, 0.2) is 63.9 Å². The van der Waals surface area contributed by atoms with Crippen LogP contribution in [0.2, 0.25) is 0 Å². The van der Waals surface area contributed by atoms with Gasteiger partial charge in [0.25, 0.3) is 10.0 Å². The van der Waals surface area contributed by atoms with Crippen LogP contribution in [0.25, 0.3) is 0 Å². The highest BCUT2D eigenvalue weighted by molar-refractivity contribution is 7.90. The maximum atomic E-state index is 12.8. The van der Waals surface area contributed by atoms with Crippen LogP contribution in [0.5, 0.6) is 0 Å². The number of nitrogens with one attached hydrogen (secondary N) is 3. The third-order valence-electron chi connectivity index (χ3n) is 5.15. The highest BCUT2D eigenvalue weighted by Gasteiger charge is 2.19. The molecular weight excluding hydrogens is 442 g/mol. The Balaban J connectivity index is 1.54. The van der Waals surface area contributed by atoms with Gasteiger partial charge in [0.15, 0.2) is 0 Å². The SMILES string of the molecule is CN1CCCCC/C1=N\S(=O)(=O)c1cccc(NC(=O)CCNC(=O)Nc2ccccc2)c1. The van der Waals surface area contributed by atoms with Crippen molar-refractivity contribution in [2.45, 2.75) is 37.0 Å². The highest BCUT2D eigenvalue weighted by atomic mass is 32.2. The maximum Gasteiger partial charge on any atom is 0.319 e. The van der Waals surface area contributed by atoms with Crippen molar-refractivity contribution in [2.75, 3.05) is 30.8 Å². The molecule has 3 N–H and O–H groups in total. The fourth-order valence-corrected chi connectivity index (χ4v) is 4.52. The average molecular weight is 472 g/mol. The van der Waals surface area contributed by atoms with E-state index in [2.05, 4.69) is 20.3 Å². The Hall–Kier alpha value is -3.40. The Bertz CT molecular complexity index is 1100. The lowest BCUT2D eigenvalue weighted by Crippen LogP contribution is -2.31. The standard InChI is InChI=1S/C23H29N5O4S/c1-28-16-7-3-6-13-21(28)27-33(31,32)20-12-8-11-19(17-20)25-22(29)14-15-24-23(30)26-18-9-4-2-5-10-18/h2,4-5,8-12,17H,3,6-7,13-16H2,1H3,(H,25,29)(H2,24,26,30)/b27-21+. The van der Waals surface area contributed by atoms with Gasteiger partial charge in [0, 0.05) is 44.4 Å². The topological polar surface area (TPSA) is 120 Å². The van der Waals surface area contributed by atoms with Crippen molar-refractivity contribution in [1.29, 1.82) is 0 Å². The zero-order chi connectivity index (χ0) is 23.7. The van der Waals surface area contributed by atoms with Crippen molar-refractivity contribution >= 4 is 39.2 Å². The summed E-state index contributed by atoms with van der Waals surface area (Å²) in [6.07, 6.45) is 3.63. The molecule has 9 nitrogen and oxygen atoms in total. The number of para-hydroxylation sites is 1. The van der Waals surface area contributed by atoms with Crippen LogP contribution in [-0.2, 0) is 14.8 Å². The summed E-state index contributed by atoms with van der Waals surface area (Å²) in [5.41, 5.74) is 1.00. The largest absolute Gasteiger partial charge is 0.362 e. The molecule has 0 saturated carbocycles. The molecule has 0 bridgehead atoms. The zero-order valence-electron chi connectivity index (χ0n) is 18.6. The van der Waals surface area contributed by atoms with Gasteiger partial charge in [-0.1, -0.05) is 30.7 Å². The van der Waals surface area contributed by atoms with E-state index in [1.807, 2.05) is 18.0 Å². The average Bonchev–Trinajstić information content (AvgIpc) is 2.98. The number of rotatable bonds is 7. The lowest BCUT2D eigenvalue weighted by molar-refractivity contribution is -0.116. The van der Waals surface area contributed by atoms with Gasteiger partial charge in [0.1, 0.15) is 5.84 Å². The monoisotopic (exact) mass is 471 g/mol. The Morgan fingerprint density at radius 1 is 0.970 bits per heavy atom. The fourth-order valence-electron chi connectivity index (χ4n) is 3.38. The van der Waals surface area contributed by atoms with Gasteiger partial charge in [-0.25, -0.2) is 4.79 Å². The van der Waals surface area contributed by atoms with E-state index < -0.39 is 16.1 Å². The number of amides is 3. The third-order valence-corrected chi connectivity index (χ3v) is 6.45. The zero-order valence-corrected chi connectivity index (χ0v) is 19.4. The molecule has 176 valence electrons. The predicted octanol–water partition coefficient (Wildman–Crippen LogP) is 3.43. The predicted molar refractivity (Wildman–Crippen MR) is 129 cm³/mol. The quantitative estimate of drug-likeness (QED) is 0.571. The molecular formula is C23H29N5O4S. The number of hydrogen-bond donors (Lipinski definition) is 3. The summed E-state index contributed by atoms with van der Waals surface area (Å²) in [4.78, 5) is 26.0. The van der Waals surface area contributed by atoms with Gasteiger partial charge in [-0.05, 0) is 43.2 Å². The molecule has 0 radical (unpaired) electrons. The Labute approximate surface area is 194 Å². The first-order valence-electron chi connectivity index (χ1n) is 10.9. The molecule has 1 aliphatic rings. The molecule has 1 heterocycles. The summed E-state index contributed by atoms with van der Waals surface area (Å²) in [5.74, 6) is 0.209. The number of carbonyl (C=O) groups excluding carboxylic acids is 2. The van der Waals surface area contributed by atoms with Crippen LogP contribution in [0, 0.1) is 0 Å². The van der Waals surface area contributed by atoms with Crippen molar-refractivity contribution in [2.24, 2.45) is 4.40 Å². The number of nitrogens with zero attached hydrogens (tertiary/aromatic N) is 2. The molecule has 0 unspecified atom stereocenters. The number of anilines is 2. The number of likely N-dealkylation sites (tertiary alicyclic amines) is 1. The number of benzene rings is 2. The number of amidine groups is 1. The Kier molecular flexibility index (Phi) is 8.42. The van der Waals surface area contributed by atoms with Crippen molar-refractivity contribution in [3.63, 3.8) is 0 Å². The molecule has 0 spiro atoms. The minimum atomic E-state index is -3.90. The number of sulfonamides is 1. The fraction of sp³-hybridized carbons (Fsp3) is 0.348. The van der Waals surface area contributed by atoms with Gasteiger partial charge in [0.2, 0.25) is 5.91 Å². The van der Waals surface area contributed by atoms with Crippen LogP contribution in [0.4, 0.5) is 16.2 Å². The first kappa shape index (κ1) is 24.2. The minimum Gasteiger partial charge on any atom is -0.362 e. The van der Waals surface area contributed by atoms with Crippen LogP contribution < -0.4 is 16.0 Å². The molecule has 0 atom stereocenters. The van der Waals surface area contributed by atoms with Crippen LogP contribution >= 0.6 is 0 Å². The van der Waals surface area contributed by atoms with Crippen LogP contribution in [0.1, 0.15) is 32.1 Å². The highest BCUT2D eigenvalue weighted by Crippen LogP contribution is 2.20. The van der Waals surface area contributed by atoms with E-state index in [0.717, 1.165) is 25.8 Å². The summed E-state index contributed by atoms with van der Waals surface area (Å²) in [5, 5.41) is 7.94. The third kappa shape index (κ3) is 7.60. The van der Waals surface area contributed by atoms with E-state index >= 15 is 0 Å². The van der Waals surface area contributed by atoms with Crippen LogP contribution in [0.3, 0.4) is 0 Å². The van der Waals surface area contributed by atoms with Crippen LogP contribution in [-0.4, -0.2) is 51.2 Å². The summed E-state index contributed by atoms with van der Waals surface area (Å²) >= 11 is 0. The lowest BCUT2D eigenvalue weighted by atomic mass is 10.2. The second-order valence-corrected chi connectivity index (χ2v) is 9.39. The van der Waals surface area contributed by atoms with Crippen molar-refractivity contribution in [3.8, 4) is 0 Å².